The fourth-order valence-corrected chi connectivity index (χ4v) is 2.11. The molecule has 0 aliphatic heterocycles. The average molecular weight is 300 g/mol. The van der Waals surface area contributed by atoms with Crippen LogP contribution in [0, 0.1) is 5.92 Å². The maximum atomic E-state index is 10.9. The molecule has 6 N–H and O–H groups in total. The molecule has 0 spiro atoms. The highest BCUT2D eigenvalue weighted by atomic mass is 16.4. The number of nitrogens with two attached hydrogens (primary N) is 1. The van der Waals surface area contributed by atoms with E-state index in [0.29, 0.717) is 0 Å². The zero-order chi connectivity index (χ0) is 15.2. The van der Waals surface area contributed by atoms with Crippen LogP contribution in [0.5, 0.6) is 0 Å². The molecule has 0 aromatic heterocycles. The number of carbonyl (C=O) groups is 2. The Kier molecular flexibility index (Phi) is 15.7. The van der Waals surface area contributed by atoms with Crippen LogP contribution in [-0.2, 0) is 9.59 Å². The van der Waals surface area contributed by atoms with Crippen LogP contribution in [0.3, 0.4) is 0 Å². The summed E-state index contributed by atoms with van der Waals surface area (Å²) in [5.74, 6) is -2.34. The summed E-state index contributed by atoms with van der Waals surface area (Å²) >= 11 is 0. The van der Waals surface area contributed by atoms with E-state index in [1.807, 2.05) is 6.08 Å². The molecular weight excluding hydrogens is 268 g/mol. The number of hydrogen-bond donors (Lipinski definition) is 3. The van der Waals surface area contributed by atoms with Crippen LogP contribution in [0.15, 0.2) is 12.2 Å². The monoisotopic (exact) mass is 300 g/mol. The minimum Gasteiger partial charge on any atom is -0.481 e. The minimum atomic E-state index is -0.990. The molecule has 21 heavy (non-hydrogen) atoms. The Bertz CT molecular complexity index is 304. The van der Waals surface area contributed by atoms with Gasteiger partial charge >= 0.3 is 5.97 Å². The molecule has 0 saturated heterocycles. The predicted molar refractivity (Wildman–Crippen MR) is 86.3 cm³/mol. The lowest BCUT2D eigenvalue weighted by Gasteiger charge is -2.04. The summed E-state index contributed by atoms with van der Waals surface area (Å²) in [4.78, 5) is 21.6. The number of carboxylic acids is 1. The van der Waals surface area contributed by atoms with Crippen molar-refractivity contribution in [1.29, 1.82) is 0 Å². The van der Waals surface area contributed by atoms with Crippen molar-refractivity contribution in [3.63, 3.8) is 0 Å². The van der Waals surface area contributed by atoms with Crippen molar-refractivity contribution in [2.75, 3.05) is 0 Å². The van der Waals surface area contributed by atoms with Crippen LogP contribution >= 0.6 is 0 Å². The van der Waals surface area contributed by atoms with Gasteiger partial charge in [-0.2, -0.15) is 0 Å². The van der Waals surface area contributed by atoms with Gasteiger partial charge in [0.15, 0.2) is 0 Å². The zero-order valence-electron chi connectivity index (χ0n) is 13.4. The van der Waals surface area contributed by atoms with Gasteiger partial charge in [0.2, 0.25) is 5.91 Å². The smallest absolute Gasteiger partial charge is 0.310 e. The van der Waals surface area contributed by atoms with Crippen molar-refractivity contribution >= 4 is 11.9 Å². The first kappa shape index (κ1) is 21.9. The van der Waals surface area contributed by atoms with E-state index in [2.05, 4.69) is 6.92 Å². The zero-order valence-corrected chi connectivity index (χ0v) is 13.4. The lowest BCUT2D eigenvalue weighted by atomic mass is 10.0. The van der Waals surface area contributed by atoms with E-state index in [1.165, 1.54) is 44.9 Å². The molecule has 0 aliphatic carbocycles. The minimum absolute atomic E-state index is 0. The van der Waals surface area contributed by atoms with Gasteiger partial charge in [0, 0.05) is 6.42 Å². The number of primary amides is 1. The molecule has 1 amide bonds. The first-order chi connectivity index (χ1) is 9.57. The molecule has 0 aromatic carbocycles. The number of carboxylic acid groups (broad SMARTS) is 1. The number of rotatable bonds is 13. The Morgan fingerprint density at radius 1 is 1.05 bits per heavy atom. The van der Waals surface area contributed by atoms with E-state index in [9.17, 15) is 9.59 Å². The molecule has 0 aromatic rings. The highest BCUT2D eigenvalue weighted by Gasteiger charge is 2.15. The van der Waals surface area contributed by atoms with Gasteiger partial charge in [0.25, 0.3) is 0 Å². The van der Waals surface area contributed by atoms with Crippen molar-refractivity contribution in [3.8, 4) is 0 Å². The molecule has 0 rings (SSSR count). The Morgan fingerprint density at radius 3 is 2.05 bits per heavy atom. The summed E-state index contributed by atoms with van der Waals surface area (Å²) in [6.07, 6.45) is 14.3. The summed E-state index contributed by atoms with van der Waals surface area (Å²) in [7, 11) is 0. The van der Waals surface area contributed by atoms with Gasteiger partial charge in [-0.05, 0) is 12.8 Å². The van der Waals surface area contributed by atoms with Crippen molar-refractivity contribution in [2.24, 2.45) is 11.7 Å². The van der Waals surface area contributed by atoms with Crippen LogP contribution in [0.4, 0.5) is 0 Å². The molecule has 0 fully saturated rings. The first-order valence-corrected chi connectivity index (χ1v) is 7.75. The molecule has 5 nitrogen and oxygen atoms in total. The highest BCUT2D eigenvalue weighted by molar-refractivity contribution is 5.82. The number of carbonyl (C=O) groups excluding carboxylic acids is 1. The molecule has 1 atom stereocenters. The SMILES string of the molecule is CCCCCCCCCC/C=C/C(CC(N)=O)C(=O)O.N. The van der Waals surface area contributed by atoms with Crippen molar-refractivity contribution in [1.82, 2.24) is 6.15 Å². The fraction of sp³-hybridized carbons (Fsp3) is 0.750. The van der Waals surface area contributed by atoms with Gasteiger partial charge in [-0.15, -0.1) is 0 Å². The molecule has 124 valence electrons. The van der Waals surface area contributed by atoms with Crippen LogP contribution < -0.4 is 11.9 Å². The van der Waals surface area contributed by atoms with Gasteiger partial charge in [-0.25, -0.2) is 0 Å². The van der Waals surface area contributed by atoms with Crippen molar-refractivity contribution in [3.05, 3.63) is 12.2 Å². The van der Waals surface area contributed by atoms with E-state index in [0.717, 1.165) is 12.8 Å². The molecular formula is C16H32N2O3. The first-order valence-electron chi connectivity index (χ1n) is 7.75. The summed E-state index contributed by atoms with van der Waals surface area (Å²) in [6, 6.07) is 0. The van der Waals surface area contributed by atoms with Gasteiger partial charge in [0.05, 0.1) is 5.92 Å². The average Bonchev–Trinajstić information content (AvgIpc) is 2.39. The molecule has 0 aliphatic rings. The van der Waals surface area contributed by atoms with Crippen molar-refractivity contribution < 1.29 is 14.7 Å². The Hall–Kier alpha value is -1.36. The van der Waals surface area contributed by atoms with E-state index in [1.54, 1.807) is 6.08 Å². The van der Waals surface area contributed by atoms with Gasteiger partial charge in [-0.1, -0.05) is 64.0 Å². The van der Waals surface area contributed by atoms with E-state index in [-0.39, 0.29) is 12.6 Å². The second-order valence-corrected chi connectivity index (χ2v) is 5.31. The molecule has 0 saturated carbocycles. The second-order valence-electron chi connectivity index (χ2n) is 5.31. The Balaban J connectivity index is 0. The third-order valence-electron chi connectivity index (χ3n) is 3.33. The number of amides is 1. The quantitative estimate of drug-likeness (QED) is 0.354. The molecule has 0 radical (unpaired) electrons. The maximum Gasteiger partial charge on any atom is 0.310 e. The summed E-state index contributed by atoms with van der Waals surface area (Å²) in [6.45, 7) is 2.22. The number of allylic oxidation sites excluding steroid dienone is 1. The maximum absolute atomic E-state index is 10.9. The molecule has 1 unspecified atom stereocenters. The van der Waals surface area contributed by atoms with Gasteiger partial charge in [0.1, 0.15) is 0 Å². The number of unbranched alkanes of at least 4 members (excludes halogenated alkanes) is 8. The lowest BCUT2D eigenvalue weighted by molar-refractivity contribution is -0.141. The standard InChI is InChI=1S/C16H29NO3.H3N/c1-2-3-4-5-6-7-8-9-10-11-12-14(16(19)20)13-15(17)18;/h11-12,14H,2-10,13H2,1H3,(H2,17,18)(H,19,20);1H3/b12-11+;. The predicted octanol–water partition coefficient (Wildman–Crippen LogP) is 3.81. The third kappa shape index (κ3) is 14.9. The third-order valence-corrected chi connectivity index (χ3v) is 3.33. The largest absolute Gasteiger partial charge is 0.481 e. The normalized spacial score (nSPS) is 12.0. The van der Waals surface area contributed by atoms with E-state index in [4.69, 9.17) is 10.8 Å². The lowest BCUT2D eigenvalue weighted by Crippen LogP contribution is -2.20. The number of aliphatic carboxylic acids is 1. The highest BCUT2D eigenvalue weighted by Crippen LogP contribution is 2.11. The number of hydrogen-bond acceptors (Lipinski definition) is 3. The van der Waals surface area contributed by atoms with Crippen LogP contribution in [0.2, 0.25) is 0 Å². The summed E-state index contributed by atoms with van der Waals surface area (Å²) < 4.78 is 0. The van der Waals surface area contributed by atoms with E-state index < -0.39 is 17.8 Å². The molecule has 0 bridgehead atoms. The summed E-state index contributed by atoms with van der Waals surface area (Å²) in [5.41, 5.74) is 5.01. The van der Waals surface area contributed by atoms with Crippen LogP contribution in [-0.4, -0.2) is 17.0 Å². The Morgan fingerprint density at radius 2 is 1.57 bits per heavy atom. The Labute approximate surface area is 128 Å². The van der Waals surface area contributed by atoms with Gasteiger partial charge < -0.3 is 17.0 Å². The fourth-order valence-electron chi connectivity index (χ4n) is 2.11. The molecule has 5 heteroatoms. The summed E-state index contributed by atoms with van der Waals surface area (Å²) in [5, 5.41) is 8.91. The second kappa shape index (κ2) is 15.0. The van der Waals surface area contributed by atoms with Crippen LogP contribution in [0.25, 0.3) is 0 Å². The van der Waals surface area contributed by atoms with Gasteiger partial charge in [-0.3, -0.25) is 9.59 Å². The topological polar surface area (TPSA) is 115 Å². The van der Waals surface area contributed by atoms with Crippen molar-refractivity contribution in [2.45, 2.75) is 71.1 Å². The van der Waals surface area contributed by atoms with E-state index >= 15 is 0 Å². The molecule has 0 heterocycles. The van der Waals surface area contributed by atoms with Crippen LogP contribution in [0.1, 0.15) is 71.1 Å².